The van der Waals surface area contributed by atoms with Crippen LogP contribution in [0.2, 0.25) is 0 Å². The summed E-state index contributed by atoms with van der Waals surface area (Å²) in [6.45, 7) is 10.0. The van der Waals surface area contributed by atoms with Crippen LogP contribution >= 0.6 is 24.0 Å². The molecule has 1 amide bonds. The lowest BCUT2D eigenvalue weighted by molar-refractivity contribution is -0.136. The highest BCUT2D eigenvalue weighted by Gasteiger charge is 2.24. The summed E-state index contributed by atoms with van der Waals surface area (Å²) in [5, 5.41) is 3.45. The van der Waals surface area contributed by atoms with Crippen LogP contribution < -0.4 is 5.32 Å². The Hall–Kier alpha value is -0.690. The van der Waals surface area contributed by atoms with E-state index < -0.39 is 0 Å². The fourth-order valence-electron chi connectivity index (χ4n) is 3.92. The molecule has 0 aromatic rings. The van der Waals surface area contributed by atoms with E-state index in [4.69, 9.17) is 14.2 Å². The molecule has 3 saturated heterocycles. The predicted molar refractivity (Wildman–Crippen MR) is 127 cm³/mol. The number of nitrogens with one attached hydrogen (secondary N) is 1. The number of aliphatic imine (C=N–C) groups is 1. The summed E-state index contributed by atoms with van der Waals surface area (Å²) >= 11 is 0. The molecule has 0 aliphatic carbocycles. The lowest BCUT2D eigenvalue weighted by Crippen LogP contribution is -2.55. The van der Waals surface area contributed by atoms with E-state index in [0.29, 0.717) is 39.0 Å². The molecule has 3 aliphatic rings. The van der Waals surface area contributed by atoms with Crippen LogP contribution in [0.25, 0.3) is 0 Å². The maximum Gasteiger partial charge on any atom is 0.236 e. The highest BCUT2D eigenvalue weighted by atomic mass is 127. The van der Waals surface area contributed by atoms with Crippen LogP contribution in [0.1, 0.15) is 19.3 Å². The lowest BCUT2D eigenvalue weighted by Gasteiger charge is -2.37. The lowest BCUT2D eigenvalue weighted by atomic mass is 10.1. The summed E-state index contributed by atoms with van der Waals surface area (Å²) in [7, 11) is 1.83. The van der Waals surface area contributed by atoms with Gasteiger partial charge in [-0.05, 0) is 19.3 Å². The molecule has 174 valence electrons. The Morgan fingerprint density at radius 1 is 1.00 bits per heavy atom. The minimum absolute atomic E-state index is 0. The summed E-state index contributed by atoms with van der Waals surface area (Å²) in [6.07, 6.45) is 3.34. The summed E-state index contributed by atoms with van der Waals surface area (Å²) in [4.78, 5) is 23.3. The summed E-state index contributed by atoms with van der Waals surface area (Å²) in [6, 6.07) is 0. The number of ether oxygens (including phenoxy) is 3. The van der Waals surface area contributed by atoms with Gasteiger partial charge in [-0.2, -0.15) is 0 Å². The molecule has 0 radical (unpaired) electrons. The van der Waals surface area contributed by atoms with Crippen molar-refractivity contribution in [2.75, 3.05) is 92.4 Å². The van der Waals surface area contributed by atoms with Crippen molar-refractivity contribution in [1.29, 1.82) is 0 Å². The number of nitrogens with zero attached hydrogens (tertiary/aromatic N) is 4. The van der Waals surface area contributed by atoms with Gasteiger partial charge in [-0.25, -0.2) is 0 Å². The Balaban J connectivity index is 0.00000320. The Morgan fingerprint density at radius 2 is 1.67 bits per heavy atom. The van der Waals surface area contributed by atoms with Gasteiger partial charge >= 0.3 is 0 Å². The molecular weight excluding hydrogens is 501 g/mol. The molecule has 3 aliphatic heterocycles. The maximum absolute atomic E-state index is 12.4. The first-order valence-corrected chi connectivity index (χ1v) is 11.0. The van der Waals surface area contributed by atoms with Gasteiger partial charge in [0.2, 0.25) is 5.91 Å². The van der Waals surface area contributed by atoms with Gasteiger partial charge in [0.1, 0.15) is 0 Å². The van der Waals surface area contributed by atoms with Crippen molar-refractivity contribution in [2.45, 2.75) is 25.4 Å². The first-order chi connectivity index (χ1) is 14.3. The number of morpholine rings is 1. The molecule has 10 heteroatoms. The van der Waals surface area contributed by atoms with E-state index in [1.807, 2.05) is 11.9 Å². The second kappa shape index (κ2) is 14.4. The summed E-state index contributed by atoms with van der Waals surface area (Å²) in [5.74, 6) is 1.16. The molecule has 3 rings (SSSR count). The second-order valence-corrected chi connectivity index (χ2v) is 7.77. The Labute approximate surface area is 197 Å². The fraction of sp³-hybridized carbons (Fsp3) is 0.900. The Kier molecular flexibility index (Phi) is 12.3. The fourth-order valence-corrected chi connectivity index (χ4v) is 3.92. The molecule has 1 N–H and O–H groups in total. The molecule has 0 unspecified atom stereocenters. The van der Waals surface area contributed by atoms with Gasteiger partial charge in [-0.15, -0.1) is 24.0 Å². The van der Waals surface area contributed by atoms with Crippen molar-refractivity contribution < 1.29 is 19.0 Å². The standard InChI is InChI=1S/C20H37N5O4.HI/c1-21-20(22-5-2-12-29-18-3-13-27-14-4-18)25-8-6-23(7-9-25)17-19(26)24-10-15-28-16-11-24;/h18H,2-17H2,1H3,(H,21,22);1H. The maximum atomic E-state index is 12.4. The van der Waals surface area contributed by atoms with Crippen LogP contribution in [-0.2, 0) is 19.0 Å². The Morgan fingerprint density at radius 3 is 2.33 bits per heavy atom. The van der Waals surface area contributed by atoms with Gasteiger partial charge in [0, 0.05) is 72.7 Å². The van der Waals surface area contributed by atoms with Gasteiger partial charge in [0.25, 0.3) is 0 Å². The minimum atomic E-state index is 0. The monoisotopic (exact) mass is 539 g/mol. The third-order valence-electron chi connectivity index (χ3n) is 5.73. The SMILES string of the molecule is CN=C(NCCCOC1CCOCC1)N1CCN(CC(=O)N2CCOCC2)CC1.I. The van der Waals surface area contributed by atoms with Gasteiger partial charge < -0.3 is 29.3 Å². The van der Waals surface area contributed by atoms with Crippen LogP contribution in [0.5, 0.6) is 0 Å². The molecular formula is C20H38IN5O4. The quantitative estimate of drug-likeness (QED) is 0.215. The van der Waals surface area contributed by atoms with Crippen LogP contribution in [-0.4, -0.2) is 125 Å². The third kappa shape index (κ3) is 8.45. The molecule has 0 bridgehead atoms. The van der Waals surface area contributed by atoms with E-state index in [9.17, 15) is 4.79 Å². The van der Waals surface area contributed by atoms with Crippen LogP contribution in [0, 0.1) is 0 Å². The van der Waals surface area contributed by atoms with Gasteiger partial charge in [-0.3, -0.25) is 14.7 Å². The number of carbonyl (C=O) groups excluding carboxylic acids is 1. The molecule has 3 heterocycles. The molecule has 0 spiro atoms. The first-order valence-electron chi connectivity index (χ1n) is 11.0. The number of rotatable bonds is 7. The van der Waals surface area contributed by atoms with Crippen LogP contribution in [0.3, 0.4) is 0 Å². The molecule has 30 heavy (non-hydrogen) atoms. The van der Waals surface area contributed by atoms with Crippen molar-refractivity contribution in [2.24, 2.45) is 4.99 Å². The number of amides is 1. The van der Waals surface area contributed by atoms with Crippen molar-refractivity contribution in [3.8, 4) is 0 Å². The van der Waals surface area contributed by atoms with E-state index in [2.05, 4.69) is 20.1 Å². The zero-order chi connectivity index (χ0) is 20.3. The smallest absolute Gasteiger partial charge is 0.236 e. The van der Waals surface area contributed by atoms with Crippen LogP contribution in [0.15, 0.2) is 4.99 Å². The molecule has 0 atom stereocenters. The third-order valence-corrected chi connectivity index (χ3v) is 5.73. The normalized spacial score (nSPS) is 22.0. The first kappa shape index (κ1) is 25.6. The number of guanidine groups is 1. The summed E-state index contributed by atoms with van der Waals surface area (Å²) in [5.41, 5.74) is 0. The van der Waals surface area contributed by atoms with E-state index in [1.54, 1.807) is 0 Å². The van der Waals surface area contributed by atoms with E-state index in [-0.39, 0.29) is 29.9 Å². The molecule has 0 saturated carbocycles. The van der Waals surface area contributed by atoms with Crippen molar-refractivity contribution in [3.05, 3.63) is 0 Å². The van der Waals surface area contributed by atoms with Gasteiger partial charge in [0.05, 0.1) is 25.9 Å². The van der Waals surface area contributed by atoms with E-state index in [1.165, 1.54) is 0 Å². The number of hydrogen-bond acceptors (Lipinski definition) is 6. The average Bonchev–Trinajstić information content (AvgIpc) is 2.78. The summed E-state index contributed by atoms with van der Waals surface area (Å²) < 4.78 is 16.6. The largest absolute Gasteiger partial charge is 0.381 e. The zero-order valence-electron chi connectivity index (χ0n) is 18.2. The topological polar surface area (TPSA) is 78.9 Å². The van der Waals surface area contributed by atoms with E-state index in [0.717, 1.165) is 77.8 Å². The molecule has 9 nitrogen and oxygen atoms in total. The number of halogens is 1. The van der Waals surface area contributed by atoms with Gasteiger partial charge in [0.15, 0.2) is 5.96 Å². The van der Waals surface area contributed by atoms with Gasteiger partial charge in [-0.1, -0.05) is 0 Å². The second-order valence-electron chi connectivity index (χ2n) is 7.77. The number of hydrogen-bond donors (Lipinski definition) is 1. The highest BCUT2D eigenvalue weighted by molar-refractivity contribution is 14.0. The van der Waals surface area contributed by atoms with E-state index >= 15 is 0 Å². The Bertz CT molecular complexity index is 519. The van der Waals surface area contributed by atoms with Crippen molar-refractivity contribution >= 4 is 35.8 Å². The molecule has 0 aromatic heterocycles. The zero-order valence-corrected chi connectivity index (χ0v) is 20.6. The number of carbonyl (C=O) groups is 1. The van der Waals surface area contributed by atoms with Crippen LogP contribution in [0.4, 0.5) is 0 Å². The molecule has 3 fully saturated rings. The number of piperazine rings is 1. The molecule has 0 aromatic carbocycles. The highest BCUT2D eigenvalue weighted by Crippen LogP contribution is 2.10. The average molecular weight is 539 g/mol. The van der Waals surface area contributed by atoms with Crippen molar-refractivity contribution in [3.63, 3.8) is 0 Å². The van der Waals surface area contributed by atoms with Crippen molar-refractivity contribution in [1.82, 2.24) is 20.0 Å². The predicted octanol–water partition coefficient (Wildman–Crippen LogP) is 0.242. The minimum Gasteiger partial charge on any atom is -0.381 e.